The second kappa shape index (κ2) is 14.3. The van der Waals surface area contributed by atoms with Crippen molar-refractivity contribution in [3.8, 4) is 23.6 Å². The lowest BCUT2D eigenvalue weighted by Gasteiger charge is -2.22. The Morgan fingerprint density at radius 1 is 0.886 bits per heavy atom. The molecule has 0 aromatic carbocycles. The maximum atomic E-state index is 5.75. The van der Waals surface area contributed by atoms with Gasteiger partial charge in [-0.05, 0) is 57.3 Å². The second-order valence-electron chi connectivity index (χ2n) is 9.09. The van der Waals surface area contributed by atoms with Crippen molar-refractivity contribution in [2.24, 2.45) is 5.92 Å². The Kier molecular flexibility index (Phi) is 11.1. The molecule has 2 aromatic heterocycles. The number of ether oxygens (including phenoxy) is 2. The molecule has 0 radical (unpaired) electrons. The van der Waals surface area contributed by atoms with Gasteiger partial charge in [0.2, 0.25) is 0 Å². The average molecular weight is 517 g/mol. The van der Waals surface area contributed by atoms with Crippen LogP contribution in [0.3, 0.4) is 0 Å². The van der Waals surface area contributed by atoms with E-state index < -0.39 is 0 Å². The van der Waals surface area contributed by atoms with Gasteiger partial charge in [-0.25, -0.2) is 0 Å². The van der Waals surface area contributed by atoms with E-state index in [9.17, 15) is 0 Å². The first kappa shape index (κ1) is 27.3. The Labute approximate surface area is 217 Å². The van der Waals surface area contributed by atoms with Gasteiger partial charge >= 0.3 is 0 Å². The molecule has 2 aliphatic rings. The van der Waals surface area contributed by atoms with Crippen molar-refractivity contribution in [1.29, 1.82) is 0 Å². The summed E-state index contributed by atoms with van der Waals surface area (Å²) in [7, 11) is 4.24. The first-order valence-corrected chi connectivity index (χ1v) is 13.5. The third-order valence-corrected chi connectivity index (χ3v) is 6.62. The fourth-order valence-electron chi connectivity index (χ4n) is 3.64. The van der Waals surface area contributed by atoms with Crippen molar-refractivity contribution in [3.63, 3.8) is 0 Å². The van der Waals surface area contributed by atoms with Crippen LogP contribution in [-0.4, -0.2) is 80.8 Å². The average Bonchev–Trinajstić information content (AvgIpc) is 3.49. The van der Waals surface area contributed by atoms with E-state index >= 15 is 0 Å². The van der Waals surface area contributed by atoms with Gasteiger partial charge in [-0.15, -0.1) is 14.7 Å². The maximum absolute atomic E-state index is 5.75. The van der Waals surface area contributed by atoms with E-state index in [4.69, 9.17) is 9.47 Å². The number of hydrogen-bond donors (Lipinski definition) is 0. The lowest BCUT2D eigenvalue weighted by atomic mass is 10.1. The zero-order chi connectivity index (χ0) is 25.0. The minimum Gasteiger partial charge on any atom is -0.475 e. The second-order valence-corrected chi connectivity index (χ2v) is 10.2. The summed E-state index contributed by atoms with van der Waals surface area (Å²) in [6, 6.07) is 0. The Morgan fingerprint density at radius 2 is 1.43 bits per heavy atom. The summed E-state index contributed by atoms with van der Waals surface area (Å²) < 4.78 is 28.4. The predicted octanol–water partition coefficient (Wildman–Crippen LogP) is 4.34. The number of nitrogens with zero attached hydrogens (tertiary/aromatic N) is 6. The van der Waals surface area contributed by atoms with Gasteiger partial charge in [-0.1, -0.05) is 31.9 Å². The van der Waals surface area contributed by atoms with Crippen LogP contribution in [0.25, 0.3) is 11.1 Å². The van der Waals surface area contributed by atoms with Gasteiger partial charge in [0, 0.05) is 26.2 Å². The molecule has 8 nitrogen and oxygen atoms in total. The predicted molar refractivity (Wildman–Crippen MR) is 144 cm³/mol. The lowest BCUT2D eigenvalue weighted by Crippen LogP contribution is -2.25. The third kappa shape index (κ3) is 8.69. The van der Waals surface area contributed by atoms with Crippen LogP contribution < -0.4 is 9.47 Å². The van der Waals surface area contributed by atoms with Crippen LogP contribution >= 0.6 is 23.5 Å². The molecule has 35 heavy (non-hydrogen) atoms. The molecule has 4 rings (SSSR count). The summed E-state index contributed by atoms with van der Waals surface area (Å²) in [4.78, 5) is 4.57. The number of aromatic nitrogens is 4. The number of hydrogen-bond acceptors (Lipinski definition) is 10. The zero-order valence-electron chi connectivity index (χ0n) is 21.4. The first-order chi connectivity index (χ1) is 17.0. The molecule has 0 fully saturated rings. The molecule has 0 atom stereocenters. The Morgan fingerprint density at radius 3 is 1.91 bits per heavy atom. The highest BCUT2D eigenvalue weighted by atomic mass is 32.1. The molecule has 10 heteroatoms. The minimum atomic E-state index is 0.373. The van der Waals surface area contributed by atoms with Gasteiger partial charge < -0.3 is 19.3 Å². The van der Waals surface area contributed by atoms with Crippen molar-refractivity contribution >= 4 is 34.6 Å². The molecule has 0 spiro atoms. The van der Waals surface area contributed by atoms with E-state index in [1.807, 2.05) is 0 Å². The van der Waals surface area contributed by atoms with Crippen LogP contribution in [0.15, 0.2) is 12.2 Å². The van der Waals surface area contributed by atoms with E-state index in [1.165, 1.54) is 34.6 Å². The van der Waals surface area contributed by atoms with Gasteiger partial charge in [0.1, 0.15) is 11.4 Å². The standard InChI is InChI=1S/C13H21N3OS.C12H15N3OS/c1-10(2)6-8-17-13-12(14-18-15-13)11-5-4-7-16(3)9-11;1-3-4-8-16-12-11(13-17-14-12)10-6-5-7-15(2)9-10/h5,10H,4,6-9H2,1-3H3;6H,5,7-9H2,1-2H3. The van der Waals surface area contributed by atoms with Crippen molar-refractivity contribution in [2.75, 3.05) is 53.5 Å². The smallest absolute Gasteiger partial charge is 0.254 e. The molecule has 0 bridgehead atoms. The van der Waals surface area contributed by atoms with Gasteiger partial charge in [0.15, 0.2) is 6.61 Å². The van der Waals surface area contributed by atoms with Gasteiger partial charge in [0.25, 0.3) is 11.8 Å². The molecule has 0 unspecified atom stereocenters. The zero-order valence-corrected chi connectivity index (χ0v) is 23.0. The van der Waals surface area contributed by atoms with Crippen LogP contribution in [0.4, 0.5) is 0 Å². The van der Waals surface area contributed by atoms with Crippen LogP contribution in [0, 0.1) is 17.8 Å². The number of rotatable bonds is 8. The van der Waals surface area contributed by atoms with Gasteiger partial charge in [0.05, 0.1) is 30.1 Å². The van der Waals surface area contributed by atoms with E-state index in [0.717, 1.165) is 63.4 Å². The summed E-state index contributed by atoms with van der Waals surface area (Å²) in [5.74, 6) is 7.63. The molecule has 4 heterocycles. The molecule has 0 amide bonds. The lowest BCUT2D eigenvalue weighted by molar-refractivity contribution is 0.280. The highest BCUT2D eigenvalue weighted by Crippen LogP contribution is 2.28. The molecular formula is C25H36N6O2S2. The fourth-order valence-corrected chi connectivity index (χ4v) is 4.70. The molecule has 0 N–H and O–H groups in total. The molecular weight excluding hydrogens is 480 g/mol. The summed E-state index contributed by atoms with van der Waals surface area (Å²) in [5.41, 5.74) is 4.26. The van der Waals surface area contributed by atoms with Gasteiger partial charge in [-0.3, -0.25) is 0 Å². The third-order valence-electron chi connectivity index (χ3n) is 5.60. The van der Waals surface area contributed by atoms with Crippen LogP contribution in [-0.2, 0) is 0 Å². The van der Waals surface area contributed by atoms with Crippen LogP contribution in [0.1, 0.15) is 51.4 Å². The summed E-state index contributed by atoms with van der Waals surface area (Å²) >= 11 is 2.42. The SMILES string of the molecule is CC#CCOc1nsnc1C1=CCCN(C)C1.CC(C)CCOc1nsnc1C1=CCCN(C)C1. The Hall–Kier alpha value is -2.32. The normalized spacial score (nSPS) is 16.5. The molecule has 190 valence electrons. The number of likely N-dealkylation sites (N-methyl/N-ethyl adjacent to an activating group) is 2. The van der Waals surface area contributed by atoms with E-state index in [0.29, 0.717) is 24.3 Å². The van der Waals surface area contributed by atoms with Crippen molar-refractivity contribution in [1.82, 2.24) is 27.3 Å². The van der Waals surface area contributed by atoms with E-state index in [2.05, 4.69) is 79.2 Å². The Balaban J connectivity index is 0.000000196. The highest BCUT2D eigenvalue weighted by molar-refractivity contribution is 6.99. The first-order valence-electron chi connectivity index (χ1n) is 12.0. The summed E-state index contributed by atoms with van der Waals surface area (Å²) in [5, 5.41) is 0. The quantitative estimate of drug-likeness (QED) is 0.480. The Bertz CT molecular complexity index is 1050. The highest BCUT2D eigenvalue weighted by Gasteiger charge is 2.19. The monoisotopic (exact) mass is 516 g/mol. The topological polar surface area (TPSA) is 76.5 Å². The minimum absolute atomic E-state index is 0.373. The van der Waals surface area contributed by atoms with Crippen molar-refractivity contribution in [2.45, 2.75) is 40.0 Å². The fraction of sp³-hybridized carbons (Fsp3) is 0.600. The van der Waals surface area contributed by atoms with Gasteiger partial charge in [-0.2, -0.15) is 8.75 Å². The summed E-state index contributed by atoms with van der Waals surface area (Å²) in [6.45, 7) is 11.3. The molecule has 0 aliphatic carbocycles. The van der Waals surface area contributed by atoms with Crippen molar-refractivity contribution in [3.05, 3.63) is 23.5 Å². The van der Waals surface area contributed by atoms with E-state index in [-0.39, 0.29) is 0 Å². The maximum Gasteiger partial charge on any atom is 0.254 e. The molecule has 2 aromatic rings. The van der Waals surface area contributed by atoms with Crippen LogP contribution in [0.2, 0.25) is 0 Å². The molecule has 0 saturated carbocycles. The molecule has 0 saturated heterocycles. The summed E-state index contributed by atoms with van der Waals surface area (Å²) in [6.07, 6.45) is 7.66. The largest absolute Gasteiger partial charge is 0.475 e. The van der Waals surface area contributed by atoms with Crippen LogP contribution in [0.5, 0.6) is 11.8 Å². The van der Waals surface area contributed by atoms with E-state index in [1.54, 1.807) is 6.92 Å². The molecule has 2 aliphatic heterocycles. The van der Waals surface area contributed by atoms with Crippen molar-refractivity contribution < 1.29 is 9.47 Å².